The third-order valence-corrected chi connectivity index (χ3v) is 6.23. The van der Waals surface area contributed by atoms with Crippen molar-refractivity contribution in [3.05, 3.63) is 52.7 Å². The highest BCUT2D eigenvalue weighted by Crippen LogP contribution is 2.22. The molecule has 0 aliphatic carbocycles. The van der Waals surface area contributed by atoms with Crippen molar-refractivity contribution in [1.29, 1.82) is 0 Å². The molecule has 3 heterocycles. The van der Waals surface area contributed by atoms with Gasteiger partial charge in [0, 0.05) is 31.4 Å². The van der Waals surface area contributed by atoms with Crippen LogP contribution < -0.4 is 10.2 Å². The Morgan fingerprint density at radius 3 is 2.62 bits per heavy atom. The Hall–Kier alpha value is -2.18. The van der Waals surface area contributed by atoms with Crippen LogP contribution in [-0.2, 0) is 11.4 Å². The molecule has 0 spiro atoms. The topological polar surface area (TPSA) is 55.1 Å². The molecule has 5 nitrogen and oxygen atoms in total. The Bertz CT molecular complexity index is 745. The second kappa shape index (κ2) is 8.01. The smallest absolute Gasteiger partial charge is 0.325 e. The first-order valence-electron chi connectivity index (χ1n) is 9.24. The summed E-state index contributed by atoms with van der Waals surface area (Å²) in [6.45, 7) is 1.11. The van der Waals surface area contributed by atoms with Gasteiger partial charge in [-0.25, -0.2) is 4.79 Å². The van der Waals surface area contributed by atoms with E-state index in [2.05, 4.69) is 28.0 Å². The molecule has 6 heteroatoms. The van der Waals surface area contributed by atoms with Gasteiger partial charge in [-0.1, -0.05) is 29.4 Å². The zero-order chi connectivity index (χ0) is 17.8. The first-order chi connectivity index (χ1) is 12.8. The second-order valence-corrected chi connectivity index (χ2v) is 8.12. The molecule has 136 valence electrons. The molecular weight excluding hydrogens is 346 g/mol. The van der Waals surface area contributed by atoms with E-state index in [1.54, 1.807) is 4.90 Å². The number of quaternary nitrogens is 1. The van der Waals surface area contributed by atoms with Crippen LogP contribution in [0.15, 0.2) is 53.0 Å². The Labute approximate surface area is 157 Å². The van der Waals surface area contributed by atoms with Gasteiger partial charge in [0.2, 0.25) is 0 Å². The Morgan fingerprint density at radius 2 is 1.92 bits per heavy atom. The first-order valence-corrected chi connectivity index (χ1v) is 10.1. The summed E-state index contributed by atoms with van der Waals surface area (Å²) in [5.41, 5.74) is 1.74. The molecule has 1 aromatic heterocycles. The van der Waals surface area contributed by atoms with Crippen molar-refractivity contribution in [2.45, 2.75) is 50.7 Å². The van der Waals surface area contributed by atoms with E-state index in [0.717, 1.165) is 25.1 Å². The van der Waals surface area contributed by atoms with Crippen LogP contribution in [-0.4, -0.2) is 23.9 Å². The molecule has 1 amide bonds. The maximum atomic E-state index is 11.9. The van der Waals surface area contributed by atoms with Gasteiger partial charge in [0.25, 0.3) is 0 Å². The molecule has 4 rings (SSSR count). The molecule has 2 bridgehead atoms. The number of nitrogens with zero attached hydrogens (tertiary/aromatic N) is 1. The fourth-order valence-electron chi connectivity index (χ4n) is 4.18. The Balaban J connectivity index is 1.36. The molecule has 2 aromatic rings. The van der Waals surface area contributed by atoms with E-state index in [9.17, 15) is 4.79 Å². The maximum Gasteiger partial charge on any atom is 0.437 e. The van der Waals surface area contributed by atoms with Gasteiger partial charge in [0.05, 0.1) is 22.7 Å². The van der Waals surface area contributed by atoms with Crippen LogP contribution in [0.2, 0.25) is 0 Å². The van der Waals surface area contributed by atoms with Crippen molar-refractivity contribution >= 4 is 28.8 Å². The average molecular weight is 370 g/mol. The lowest BCUT2D eigenvalue weighted by Crippen LogP contribution is -3.20. The summed E-state index contributed by atoms with van der Waals surface area (Å²) in [5.74, 6) is 0. The summed E-state index contributed by atoms with van der Waals surface area (Å²) >= 11 is 1.84. The number of oxime groups is 1. The van der Waals surface area contributed by atoms with E-state index in [-0.39, 0.29) is 0 Å². The molecule has 3 atom stereocenters. The molecule has 2 aliphatic rings. The van der Waals surface area contributed by atoms with Crippen LogP contribution >= 0.6 is 11.3 Å². The molecule has 1 aromatic carbocycles. The molecule has 26 heavy (non-hydrogen) atoms. The highest BCUT2D eigenvalue weighted by Gasteiger charge is 2.40. The monoisotopic (exact) mass is 370 g/mol. The van der Waals surface area contributed by atoms with Gasteiger partial charge in [-0.2, -0.15) is 0 Å². The maximum absolute atomic E-state index is 11.9. The van der Waals surface area contributed by atoms with Gasteiger partial charge in [-0.15, -0.1) is 11.3 Å². The number of carbonyl (C=O) groups is 1. The third-order valence-electron chi connectivity index (χ3n) is 5.35. The predicted molar refractivity (Wildman–Crippen MR) is 104 cm³/mol. The SMILES string of the molecule is O=C(Nc1ccccc1)ON=C1C[C@H]2CCC[C@@H](C1)[NH+]2Cc1cccs1. The van der Waals surface area contributed by atoms with E-state index in [1.165, 1.54) is 24.1 Å². The lowest BCUT2D eigenvalue weighted by molar-refractivity contribution is -0.969. The number of hydrogen-bond acceptors (Lipinski definition) is 4. The number of para-hydroxylation sites is 1. The lowest BCUT2D eigenvalue weighted by atomic mass is 9.83. The summed E-state index contributed by atoms with van der Waals surface area (Å²) in [6, 6.07) is 14.8. The van der Waals surface area contributed by atoms with E-state index in [0.29, 0.717) is 17.8 Å². The van der Waals surface area contributed by atoms with Crippen LogP contribution in [0, 0.1) is 0 Å². The van der Waals surface area contributed by atoms with E-state index in [1.807, 2.05) is 41.7 Å². The molecule has 2 fully saturated rings. The summed E-state index contributed by atoms with van der Waals surface area (Å²) in [6.07, 6.45) is 5.08. The van der Waals surface area contributed by atoms with Crippen LogP contribution in [0.3, 0.4) is 0 Å². The molecular formula is C20H24N3O2S+. The highest BCUT2D eigenvalue weighted by atomic mass is 32.1. The third kappa shape index (κ3) is 4.14. The second-order valence-electron chi connectivity index (χ2n) is 7.09. The van der Waals surface area contributed by atoms with Crippen molar-refractivity contribution in [3.8, 4) is 0 Å². The van der Waals surface area contributed by atoms with Crippen molar-refractivity contribution in [2.75, 3.05) is 5.32 Å². The average Bonchev–Trinajstić information content (AvgIpc) is 3.14. The van der Waals surface area contributed by atoms with E-state index >= 15 is 0 Å². The number of piperidine rings is 2. The number of benzene rings is 1. The quantitative estimate of drug-likeness (QED) is 0.640. The van der Waals surface area contributed by atoms with Crippen LogP contribution in [0.1, 0.15) is 37.0 Å². The number of fused-ring (bicyclic) bond motifs is 2. The molecule has 2 N–H and O–H groups in total. The van der Waals surface area contributed by atoms with E-state index in [4.69, 9.17) is 4.84 Å². The zero-order valence-electron chi connectivity index (χ0n) is 14.7. The number of anilines is 1. The standard InChI is InChI=1S/C20H23N3O2S/c24-20(21-15-6-2-1-3-7-15)25-22-16-12-17-8-4-9-18(13-16)23(17)14-19-10-5-11-26-19/h1-3,5-7,10-11,17-18H,4,8-9,12-14H2,(H,21,24)/p+1/t17-,18+. The number of rotatable bonds is 4. The fourth-order valence-corrected chi connectivity index (χ4v) is 4.92. The minimum absolute atomic E-state index is 0.526. The summed E-state index contributed by atoms with van der Waals surface area (Å²) in [5, 5.41) is 9.04. The largest absolute Gasteiger partial charge is 0.437 e. The first kappa shape index (κ1) is 17.2. The van der Waals surface area contributed by atoms with Crippen molar-refractivity contribution in [2.24, 2.45) is 5.16 Å². The van der Waals surface area contributed by atoms with Crippen LogP contribution in [0.4, 0.5) is 10.5 Å². The van der Waals surface area contributed by atoms with Gasteiger partial charge in [-0.05, 0) is 30.0 Å². The number of hydrogen-bond donors (Lipinski definition) is 2. The molecule has 2 aliphatic heterocycles. The van der Waals surface area contributed by atoms with Crippen LogP contribution in [0.5, 0.6) is 0 Å². The summed E-state index contributed by atoms with van der Waals surface area (Å²) < 4.78 is 0. The minimum atomic E-state index is -0.526. The van der Waals surface area contributed by atoms with E-state index < -0.39 is 6.09 Å². The zero-order valence-corrected chi connectivity index (χ0v) is 15.5. The molecule has 2 saturated heterocycles. The molecule has 0 saturated carbocycles. The molecule has 0 radical (unpaired) electrons. The van der Waals surface area contributed by atoms with Gasteiger partial charge in [-0.3, -0.25) is 10.2 Å². The summed E-state index contributed by atoms with van der Waals surface area (Å²) in [7, 11) is 0. The number of carbonyl (C=O) groups excluding carboxylic acids is 1. The van der Waals surface area contributed by atoms with Gasteiger partial charge >= 0.3 is 6.09 Å². The van der Waals surface area contributed by atoms with Gasteiger partial charge in [0.1, 0.15) is 6.54 Å². The predicted octanol–water partition coefficient (Wildman–Crippen LogP) is 3.45. The van der Waals surface area contributed by atoms with Gasteiger partial charge < -0.3 is 4.90 Å². The summed E-state index contributed by atoms with van der Waals surface area (Å²) in [4.78, 5) is 20.2. The van der Waals surface area contributed by atoms with Crippen LogP contribution in [0.25, 0.3) is 0 Å². The molecule has 1 unspecified atom stereocenters. The van der Waals surface area contributed by atoms with Crippen molar-refractivity contribution < 1.29 is 14.5 Å². The fraction of sp³-hybridized carbons (Fsp3) is 0.400. The van der Waals surface area contributed by atoms with Crippen molar-refractivity contribution in [1.82, 2.24) is 0 Å². The Kier molecular flexibility index (Phi) is 5.32. The highest BCUT2D eigenvalue weighted by molar-refractivity contribution is 7.09. The lowest BCUT2D eigenvalue weighted by Gasteiger charge is -2.42. The number of amides is 1. The number of thiophene rings is 1. The normalized spacial score (nSPS) is 26.5. The van der Waals surface area contributed by atoms with Gasteiger partial charge in [0.15, 0.2) is 0 Å². The Morgan fingerprint density at radius 1 is 1.15 bits per heavy atom. The van der Waals surface area contributed by atoms with Crippen molar-refractivity contribution in [3.63, 3.8) is 0 Å². The minimum Gasteiger partial charge on any atom is -0.325 e. The number of nitrogens with one attached hydrogen (secondary N) is 2.